The van der Waals surface area contributed by atoms with Gasteiger partial charge in [-0.2, -0.15) is 5.10 Å². The van der Waals surface area contributed by atoms with Crippen LogP contribution in [0.5, 0.6) is 5.75 Å². The smallest absolute Gasteiger partial charge is 0.269 e. The fourth-order valence-electron chi connectivity index (χ4n) is 4.01. The van der Waals surface area contributed by atoms with Crippen molar-refractivity contribution in [2.45, 2.75) is 32.7 Å². The van der Waals surface area contributed by atoms with E-state index in [1.807, 2.05) is 30.3 Å². The molecule has 1 aromatic carbocycles. The van der Waals surface area contributed by atoms with Crippen LogP contribution in [-0.4, -0.2) is 39.5 Å². The van der Waals surface area contributed by atoms with E-state index in [0.717, 1.165) is 11.1 Å². The van der Waals surface area contributed by atoms with Crippen LogP contribution in [0, 0.1) is 0 Å². The zero-order valence-corrected chi connectivity index (χ0v) is 20.9. The van der Waals surface area contributed by atoms with E-state index < -0.39 is 12.3 Å². The Morgan fingerprint density at radius 1 is 1.03 bits per heavy atom. The lowest BCUT2D eigenvalue weighted by atomic mass is 10.1. The molecule has 11 heteroatoms. The van der Waals surface area contributed by atoms with E-state index in [1.54, 1.807) is 27.7 Å². The van der Waals surface area contributed by atoms with Gasteiger partial charge in [0.2, 0.25) is 0 Å². The number of carbonyl (C=O) groups excluding carboxylic acids is 1. The molecule has 0 bridgehead atoms. The Kier molecular flexibility index (Phi) is 8.59. The average molecular weight is 524 g/mol. The average Bonchev–Trinajstić information content (AvgIpc) is 3.31. The van der Waals surface area contributed by atoms with Gasteiger partial charge in [-0.25, -0.2) is 8.78 Å². The van der Waals surface area contributed by atoms with Crippen molar-refractivity contribution in [3.05, 3.63) is 111 Å². The lowest BCUT2D eigenvalue weighted by molar-refractivity contribution is 0.0943. The van der Waals surface area contributed by atoms with Crippen LogP contribution < -0.4 is 15.6 Å². The van der Waals surface area contributed by atoms with Crippen molar-refractivity contribution in [2.75, 3.05) is 14.2 Å². The number of nitrogens with zero attached hydrogens (tertiary/aromatic N) is 4. The molecule has 3 aromatic heterocycles. The summed E-state index contributed by atoms with van der Waals surface area (Å²) < 4.78 is 40.6. The number of carbonyl (C=O) groups is 1. The van der Waals surface area contributed by atoms with Crippen LogP contribution in [0.2, 0.25) is 0 Å². The zero-order chi connectivity index (χ0) is 27.1. The first-order chi connectivity index (χ1) is 18.4. The van der Waals surface area contributed by atoms with Crippen molar-refractivity contribution in [2.24, 2.45) is 0 Å². The Bertz CT molecular complexity index is 1450. The third-order valence-corrected chi connectivity index (χ3v) is 5.87. The molecule has 198 valence electrons. The Morgan fingerprint density at radius 3 is 2.42 bits per heavy atom. The Hall–Kier alpha value is -4.38. The van der Waals surface area contributed by atoms with E-state index in [1.165, 1.54) is 32.5 Å². The molecule has 0 fully saturated rings. The number of alkyl halides is 2. The van der Waals surface area contributed by atoms with Crippen LogP contribution >= 0.6 is 0 Å². The van der Waals surface area contributed by atoms with Crippen LogP contribution in [0.1, 0.15) is 44.9 Å². The number of benzene rings is 1. The van der Waals surface area contributed by atoms with Crippen LogP contribution in [-0.2, 0) is 31.0 Å². The van der Waals surface area contributed by atoms with Gasteiger partial charge in [0.15, 0.2) is 0 Å². The molecule has 0 aliphatic carbocycles. The number of hydrogen-bond acceptors (Lipinski definition) is 6. The van der Waals surface area contributed by atoms with Gasteiger partial charge >= 0.3 is 0 Å². The number of rotatable bonds is 11. The summed E-state index contributed by atoms with van der Waals surface area (Å²) in [5.74, 6) is -0.481. The SMILES string of the molecule is COCc1nn(Cc2ccc(Cn3ccccc3=O)cc2)cc1C(=O)NCc1nccc(OC)c1C(F)F. The third kappa shape index (κ3) is 6.30. The molecule has 1 N–H and O–H groups in total. The molecule has 1 amide bonds. The monoisotopic (exact) mass is 523 g/mol. The number of nitrogens with one attached hydrogen (secondary N) is 1. The summed E-state index contributed by atoms with van der Waals surface area (Å²) in [5, 5.41) is 7.12. The van der Waals surface area contributed by atoms with Crippen molar-refractivity contribution in [1.29, 1.82) is 0 Å². The molecule has 4 rings (SSSR count). The summed E-state index contributed by atoms with van der Waals surface area (Å²) in [6.45, 7) is 0.738. The zero-order valence-electron chi connectivity index (χ0n) is 20.9. The molecular weight excluding hydrogens is 496 g/mol. The van der Waals surface area contributed by atoms with Gasteiger partial charge in [-0.3, -0.25) is 19.3 Å². The number of halogens is 2. The molecule has 0 saturated carbocycles. The van der Waals surface area contributed by atoms with Crippen molar-refractivity contribution < 1.29 is 23.0 Å². The number of methoxy groups -OCH3 is 2. The molecule has 0 radical (unpaired) electrons. The second-order valence-electron chi connectivity index (χ2n) is 8.46. The molecular formula is C27H27F2N5O4. The van der Waals surface area contributed by atoms with E-state index in [2.05, 4.69) is 15.4 Å². The minimum atomic E-state index is -2.81. The van der Waals surface area contributed by atoms with Gasteiger partial charge in [-0.15, -0.1) is 0 Å². The molecule has 0 aliphatic rings. The van der Waals surface area contributed by atoms with Crippen LogP contribution in [0.25, 0.3) is 0 Å². The fourth-order valence-corrected chi connectivity index (χ4v) is 4.01. The van der Waals surface area contributed by atoms with E-state index in [0.29, 0.717) is 18.8 Å². The topological polar surface area (TPSA) is 100 Å². The number of aromatic nitrogens is 4. The third-order valence-electron chi connectivity index (χ3n) is 5.87. The normalized spacial score (nSPS) is 11.1. The first-order valence-corrected chi connectivity index (χ1v) is 11.8. The van der Waals surface area contributed by atoms with E-state index in [9.17, 15) is 18.4 Å². The summed E-state index contributed by atoms with van der Waals surface area (Å²) >= 11 is 0. The minimum absolute atomic E-state index is 0.00832. The molecule has 0 spiro atoms. The van der Waals surface area contributed by atoms with Gasteiger partial charge < -0.3 is 19.4 Å². The summed E-state index contributed by atoms with van der Waals surface area (Å²) in [6, 6.07) is 14.1. The largest absolute Gasteiger partial charge is 0.496 e. The second-order valence-corrected chi connectivity index (χ2v) is 8.46. The molecule has 0 saturated heterocycles. The van der Waals surface area contributed by atoms with Gasteiger partial charge in [0.1, 0.15) is 11.4 Å². The van der Waals surface area contributed by atoms with Crippen molar-refractivity contribution >= 4 is 5.91 Å². The van der Waals surface area contributed by atoms with Gasteiger partial charge in [-0.05, 0) is 23.3 Å². The van der Waals surface area contributed by atoms with Gasteiger partial charge in [0.05, 0.1) is 50.2 Å². The maximum atomic E-state index is 13.6. The Morgan fingerprint density at radius 2 is 1.76 bits per heavy atom. The fraction of sp³-hybridized carbons (Fsp3) is 0.259. The number of pyridine rings is 2. The number of hydrogen-bond donors (Lipinski definition) is 1. The number of ether oxygens (including phenoxy) is 2. The van der Waals surface area contributed by atoms with Gasteiger partial charge in [0, 0.05) is 31.8 Å². The highest BCUT2D eigenvalue weighted by Gasteiger charge is 2.22. The summed E-state index contributed by atoms with van der Waals surface area (Å²) in [5.41, 5.74) is 2.19. The predicted octanol–water partition coefficient (Wildman–Crippen LogP) is 3.56. The molecule has 0 atom stereocenters. The van der Waals surface area contributed by atoms with Crippen molar-refractivity contribution in [1.82, 2.24) is 24.6 Å². The van der Waals surface area contributed by atoms with Gasteiger partial charge in [-0.1, -0.05) is 30.3 Å². The van der Waals surface area contributed by atoms with Gasteiger partial charge in [0.25, 0.3) is 17.9 Å². The molecule has 4 aromatic rings. The molecule has 0 unspecified atom stereocenters. The maximum Gasteiger partial charge on any atom is 0.269 e. The Labute approximate surface area is 217 Å². The first-order valence-electron chi connectivity index (χ1n) is 11.8. The van der Waals surface area contributed by atoms with E-state index in [4.69, 9.17) is 9.47 Å². The standard InChI is InChI=1S/C27H27F2N5O4/c1-37-17-22-20(27(36)31-13-21-25(26(28)29)23(38-2)10-11-30-21)16-34(32-22)15-19-8-6-18(7-9-19)14-33-12-4-3-5-24(33)35/h3-12,16,26H,13-15,17H2,1-2H3,(H,31,36). The molecule has 38 heavy (non-hydrogen) atoms. The maximum absolute atomic E-state index is 13.6. The highest BCUT2D eigenvalue weighted by molar-refractivity contribution is 5.95. The van der Waals surface area contributed by atoms with Crippen molar-refractivity contribution in [3.63, 3.8) is 0 Å². The predicted molar refractivity (Wildman–Crippen MR) is 135 cm³/mol. The van der Waals surface area contributed by atoms with Crippen LogP contribution in [0.3, 0.4) is 0 Å². The van der Waals surface area contributed by atoms with Crippen LogP contribution in [0.15, 0.2) is 71.9 Å². The molecule has 0 aliphatic heterocycles. The lowest BCUT2D eigenvalue weighted by Crippen LogP contribution is -2.25. The molecule has 3 heterocycles. The second kappa shape index (κ2) is 12.2. The van der Waals surface area contributed by atoms with E-state index in [-0.39, 0.29) is 41.3 Å². The highest BCUT2D eigenvalue weighted by atomic mass is 19.3. The quantitative estimate of drug-likeness (QED) is 0.323. The highest BCUT2D eigenvalue weighted by Crippen LogP contribution is 2.30. The van der Waals surface area contributed by atoms with E-state index >= 15 is 0 Å². The van der Waals surface area contributed by atoms with Crippen LogP contribution in [0.4, 0.5) is 8.78 Å². The van der Waals surface area contributed by atoms with Crippen molar-refractivity contribution in [3.8, 4) is 5.75 Å². The number of amides is 1. The summed E-state index contributed by atoms with van der Waals surface area (Å²) in [6.07, 6.45) is 1.87. The summed E-state index contributed by atoms with van der Waals surface area (Å²) in [4.78, 5) is 28.9. The summed E-state index contributed by atoms with van der Waals surface area (Å²) in [7, 11) is 2.79. The lowest BCUT2D eigenvalue weighted by Gasteiger charge is -2.12. The Balaban J connectivity index is 1.46. The first kappa shape index (κ1) is 26.7. The minimum Gasteiger partial charge on any atom is -0.496 e. The molecule has 9 nitrogen and oxygen atoms in total.